The lowest BCUT2D eigenvalue weighted by Crippen LogP contribution is -2.35. The van der Waals surface area contributed by atoms with Crippen LogP contribution in [0.2, 0.25) is 0 Å². The van der Waals surface area contributed by atoms with Crippen LogP contribution < -0.4 is 5.32 Å². The van der Waals surface area contributed by atoms with E-state index in [9.17, 15) is 0 Å². The van der Waals surface area contributed by atoms with Crippen molar-refractivity contribution in [1.82, 2.24) is 15.2 Å². The van der Waals surface area contributed by atoms with E-state index in [0.29, 0.717) is 12.1 Å². The molecule has 17 heavy (non-hydrogen) atoms. The molecule has 2 fully saturated rings. The standard InChI is InChI=1S/C14H21N3/c1-10(12-3-5-15-6-4-12)17-9-13-7-16-8-14(13)11(17)2/h3-6,10-11,13-14,16H,7-9H2,1-2H3. The van der Waals surface area contributed by atoms with Gasteiger partial charge in [0.05, 0.1) is 0 Å². The summed E-state index contributed by atoms with van der Waals surface area (Å²) in [5, 5.41) is 3.52. The minimum absolute atomic E-state index is 0.513. The molecule has 0 radical (unpaired) electrons. The van der Waals surface area contributed by atoms with E-state index in [-0.39, 0.29) is 0 Å². The Labute approximate surface area is 103 Å². The van der Waals surface area contributed by atoms with Crippen LogP contribution in [0.3, 0.4) is 0 Å². The van der Waals surface area contributed by atoms with Crippen molar-refractivity contribution < 1.29 is 0 Å². The number of aromatic nitrogens is 1. The SMILES string of the molecule is CC(c1ccncc1)N1CC2CNCC2C1C. The highest BCUT2D eigenvalue weighted by Gasteiger charge is 2.43. The van der Waals surface area contributed by atoms with Crippen LogP contribution in [-0.4, -0.2) is 35.6 Å². The van der Waals surface area contributed by atoms with Gasteiger partial charge < -0.3 is 5.32 Å². The van der Waals surface area contributed by atoms with Crippen LogP contribution in [0.15, 0.2) is 24.5 Å². The third kappa shape index (κ3) is 1.87. The number of pyridine rings is 1. The Kier molecular flexibility index (Phi) is 2.89. The van der Waals surface area contributed by atoms with Crippen molar-refractivity contribution in [3.05, 3.63) is 30.1 Å². The maximum absolute atomic E-state index is 4.10. The molecule has 0 amide bonds. The number of rotatable bonds is 2. The van der Waals surface area contributed by atoms with E-state index in [1.165, 1.54) is 25.2 Å². The Hall–Kier alpha value is -0.930. The van der Waals surface area contributed by atoms with E-state index >= 15 is 0 Å². The molecule has 3 rings (SSSR count). The minimum atomic E-state index is 0.513. The number of hydrogen-bond acceptors (Lipinski definition) is 3. The Balaban J connectivity index is 1.77. The molecule has 1 aromatic rings. The number of likely N-dealkylation sites (tertiary alicyclic amines) is 1. The molecule has 3 heterocycles. The van der Waals surface area contributed by atoms with Gasteiger partial charge in [-0.3, -0.25) is 9.88 Å². The molecular weight excluding hydrogens is 210 g/mol. The molecule has 0 saturated carbocycles. The first-order valence-electron chi connectivity index (χ1n) is 6.63. The summed E-state index contributed by atoms with van der Waals surface area (Å²) in [6.07, 6.45) is 3.80. The van der Waals surface area contributed by atoms with Crippen LogP contribution in [0.25, 0.3) is 0 Å². The molecule has 1 N–H and O–H groups in total. The third-order valence-corrected chi connectivity index (χ3v) is 4.67. The van der Waals surface area contributed by atoms with Gasteiger partial charge in [-0.25, -0.2) is 0 Å². The van der Waals surface area contributed by atoms with Gasteiger partial charge in [-0.05, 0) is 56.5 Å². The number of nitrogens with zero attached hydrogens (tertiary/aromatic N) is 2. The molecule has 0 spiro atoms. The summed E-state index contributed by atoms with van der Waals surface area (Å²) >= 11 is 0. The van der Waals surface area contributed by atoms with Gasteiger partial charge in [0, 0.05) is 31.0 Å². The van der Waals surface area contributed by atoms with Crippen LogP contribution in [0.1, 0.15) is 25.5 Å². The molecule has 3 nitrogen and oxygen atoms in total. The maximum Gasteiger partial charge on any atom is 0.0324 e. The lowest BCUT2D eigenvalue weighted by atomic mass is 9.95. The van der Waals surface area contributed by atoms with Crippen molar-refractivity contribution in [1.29, 1.82) is 0 Å². The molecule has 1 aromatic heterocycles. The van der Waals surface area contributed by atoms with Crippen molar-refractivity contribution in [3.63, 3.8) is 0 Å². The summed E-state index contributed by atoms with van der Waals surface area (Å²) in [6.45, 7) is 8.35. The summed E-state index contributed by atoms with van der Waals surface area (Å²) in [6, 6.07) is 5.49. The first-order valence-corrected chi connectivity index (χ1v) is 6.63. The molecule has 4 atom stereocenters. The average Bonchev–Trinajstić information content (AvgIpc) is 2.93. The van der Waals surface area contributed by atoms with Gasteiger partial charge in [0.15, 0.2) is 0 Å². The fourth-order valence-corrected chi connectivity index (χ4v) is 3.55. The van der Waals surface area contributed by atoms with Gasteiger partial charge in [-0.1, -0.05) is 0 Å². The number of hydrogen-bond donors (Lipinski definition) is 1. The quantitative estimate of drug-likeness (QED) is 0.839. The fraction of sp³-hybridized carbons (Fsp3) is 0.643. The smallest absolute Gasteiger partial charge is 0.0324 e. The summed E-state index contributed by atoms with van der Waals surface area (Å²) in [5.74, 6) is 1.70. The largest absolute Gasteiger partial charge is 0.316 e. The van der Waals surface area contributed by atoms with E-state index in [4.69, 9.17) is 0 Å². The highest BCUT2D eigenvalue weighted by Crippen LogP contribution is 2.37. The van der Waals surface area contributed by atoms with Crippen molar-refractivity contribution in [2.45, 2.75) is 25.9 Å². The molecule has 4 unspecified atom stereocenters. The lowest BCUT2D eigenvalue weighted by molar-refractivity contribution is 0.182. The maximum atomic E-state index is 4.10. The number of fused-ring (bicyclic) bond motifs is 1. The second kappa shape index (κ2) is 4.39. The van der Waals surface area contributed by atoms with E-state index in [2.05, 4.69) is 41.2 Å². The van der Waals surface area contributed by atoms with Crippen LogP contribution in [-0.2, 0) is 0 Å². The van der Waals surface area contributed by atoms with Crippen LogP contribution in [0.4, 0.5) is 0 Å². The van der Waals surface area contributed by atoms with Gasteiger partial charge in [-0.15, -0.1) is 0 Å². The topological polar surface area (TPSA) is 28.2 Å². The minimum Gasteiger partial charge on any atom is -0.316 e. The first-order chi connectivity index (χ1) is 8.27. The molecule has 2 saturated heterocycles. The summed E-state index contributed by atoms with van der Waals surface area (Å²) < 4.78 is 0. The summed E-state index contributed by atoms with van der Waals surface area (Å²) in [4.78, 5) is 6.76. The molecular formula is C14H21N3. The zero-order valence-electron chi connectivity index (χ0n) is 10.6. The molecule has 0 bridgehead atoms. The van der Waals surface area contributed by atoms with Gasteiger partial charge in [-0.2, -0.15) is 0 Å². The normalized spacial score (nSPS) is 34.8. The van der Waals surface area contributed by atoms with Crippen molar-refractivity contribution >= 4 is 0 Å². The predicted octanol–water partition coefficient (Wildman–Crippen LogP) is 1.68. The molecule has 0 aliphatic carbocycles. The summed E-state index contributed by atoms with van der Waals surface area (Å²) in [7, 11) is 0. The predicted molar refractivity (Wildman–Crippen MR) is 68.7 cm³/mol. The number of nitrogens with one attached hydrogen (secondary N) is 1. The van der Waals surface area contributed by atoms with E-state index < -0.39 is 0 Å². The van der Waals surface area contributed by atoms with E-state index in [1.807, 2.05) is 12.4 Å². The monoisotopic (exact) mass is 231 g/mol. The van der Waals surface area contributed by atoms with Crippen LogP contribution in [0, 0.1) is 11.8 Å². The second-order valence-electron chi connectivity index (χ2n) is 5.48. The average molecular weight is 231 g/mol. The van der Waals surface area contributed by atoms with Gasteiger partial charge in [0.25, 0.3) is 0 Å². The van der Waals surface area contributed by atoms with E-state index in [0.717, 1.165) is 11.8 Å². The van der Waals surface area contributed by atoms with Gasteiger partial charge in [0.2, 0.25) is 0 Å². The van der Waals surface area contributed by atoms with Crippen molar-refractivity contribution in [3.8, 4) is 0 Å². The third-order valence-electron chi connectivity index (χ3n) is 4.67. The molecule has 2 aliphatic rings. The molecule has 92 valence electrons. The lowest BCUT2D eigenvalue weighted by Gasteiger charge is -2.30. The zero-order valence-corrected chi connectivity index (χ0v) is 10.6. The van der Waals surface area contributed by atoms with E-state index in [1.54, 1.807) is 0 Å². The zero-order chi connectivity index (χ0) is 11.8. The Morgan fingerprint density at radius 2 is 2.12 bits per heavy atom. The summed E-state index contributed by atoms with van der Waals surface area (Å²) in [5.41, 5.74) is 1.39. The van der Waals surface area contributed by atoms with Crippen molar-refractivity contribution in [2.75, 3.05) is 19.6 Å². The highest BCUT2D eigenvalue weighted by atomic mass is 15.2. The Bertz CT molecular complexity index is 378. The highest BCUT2D eigenvalue weighted by molar-refractivity contribution is 5.16. The first kappa shape index (κ1) is 11.2. The molecule has 0 aromatic carbocycles. The fourth-order valence-electron chi connectivity index (χ4n) is 3.55. The van der Waals surface area contributed by atoms with Crippen molar-refractivity contribution in [2.24, 2.45) is 11.8 Å². The second-order valence-corrected chi connectivity index (χ2v) is 5.48. The van der Waals surface area contributed by atoms with Crippen LogP contribution >= 0.6 is 0 Å². The molecule has 2 aliphatic heterocycles. The Morgan fingerprint density at radius 3 is 2.82 bits per heavy atom. The van der Waals surface area contributed by atoms with Crippen LogP contribution in [0.5, 0.6) is 0 Å². The molecule has 3 heteroatoms. The Morgan fingerprint density at radius 1 is 1.35 bits per heavy atom. The van der Waals surface area contributed by atoms with Gasteiger partial charge >= 0.3 is 0 Å². The van der Waals surface area contributed by atoms with Gasteiger partial charge in [0.1, 0.15) is 0 Å².